The summed E-state index contributed by atoms with van der Waals surface area (Å²) in [5.74, 6) is 0. The van der Waals surface area contributed by atoms with Crippen LogP contribution in [0.1, 0.15) is 5.56 Å². The lowest BCUT2D eigenvalue weighted by Crippen LogP contribution is -2.42. The normalized spacial score (nSPS) is 18.3. The lowest BCUT2D eigenvalue weighted by atomic mass is 10.0. The quantitative estimate of drug-likeness (QED) is 0.396. The lowest BCUT2D eigenvalue weighted by molar-refractivity contribution is -0.157. The Morgan fingerprint density at radius 1 is 1.11 bits per heavy atom. The van der Waals surface area contributed by atoms with Crippen molar-refractivity contribution in [2.24, 2.45) is 0 Å². The van der Waals surface area contributed by atoms with Gasteiger partial charge in [-0.25, -0.2) is 19.3 Å². The number of hydrogen-bond acceptors (Lipinski definition) is 6. The van der Waals surface area contributed by atoms with E-state index in [9.17, 15) is 4.79 Å². The highest BCUT2D eigenvalue weighted by Crippen LogP contribution is 2.30. The van der Waals surface area contributed by atoms with E-state index in [0.717, 1.165) is 38.9 Å². The fourth-order valence-electron chi connectivity index (χ4n) is 4.95. The molecule has 1 N–H and O–H groups in total. The number of aromatic amines is 1. The Morgan fingerprint density at radius 2 is 1.94 bits per heavy atom. The Hall–Kier alpha value is -3.79. The molecular weight excluding hydrogens is 458 g/mol. The number of fused-ring (bicyclic) bond motifs is 2. The van der Waals surface area contributed by atoms with Gasteiger partial charge in [-0.05, 0) is 36.8 Å². The van der Waals surface area contributed by atoms with Crippen molar-refractivity contribution in [3.63, 3.8) is 0 Å². The zero-order valence-corrected chi connectivity index (χ0v) is 20.2. The van der Waals surface area contributed by atoms with Crippen molar-refractivity contribution in [1.82, 2.24) is 24.1 Å². The Labute approximate surface area is 207 Å². The summed E-state index contributed by atoms with van der Waals surface area (Å²) in [6.45, 7) is 3.74. The monoisotopic (exact) mass is 485 g/mol. The number of aromatic nitrogens is 5. The summed E-state index contributed by atoms with van der Waals surface area (Å²) in [5, 5.41) is 1.06. The fraction of sp³-hybridized carbons (Fsp3) is 0.296. The molecule has 6 rings (SSSR count). The molecular formula is C27H27N5O4. The number of nitrogens with one attached hydrogen (secondary N) is 1. The second-order valence-electron chi connectivity index (χ2n) is 9.04. The van der Waals surface area contributed by atoms with Crippen LogP contribution in [0, 0.1) is 6.92 Å². The standard InChI is InChI=1S/C27H27N5O4/c1-17-22-8-9-28-25(22)29-12-23(17)18-10-24-26(30-11-18)32(19-6-4-3-5-7-19)27(33)31(24)13-20-15-35-16-21(36-20)14-34-2/h3-12,20-21H,13-16H2,1-2H3,(H,28,29)/t20-,21?/m0/s1. The maximum atomic E-state index is 13.8. The zero-order chi connectivity index (χ0) is 24.6. The number of benzene rings is 1. The third-order valence-electron chi connectivity index (χ3n) is 6.68. The van der Waals surface area contributed by atoms with Crippen LogP contribution in [0.25, 0.3) is 39.0 Å². The highest BCUT2D eigenvalue weighted by molar-refractivity contribution is 5.88. The third-order valence-corrected chi connectivity index (χ3v) is 6.68. The van der Waals surface area contributed by atoms with Gasteiger partial charge in [-0.2, -0.15) is 0 Å². The van der Waals surface area contributed by atoms with Gasteiger partial charge in [-0.3, -0.25) is 4.57 Å². The molecule has 9 heteroatoms. The van der Waals surface area contributed by atoms with Crippen LogP contribution < -0.4 is 5.69 Å². The molecule has 0 bridgehead atoms. The molecule has 5 heterocycles. The van der Waals surface area contributed by atoms with E-state index in [1.165, 1.54) is 0 Å². The number of H-pyrrole nitrogens is 1. The van der Waals surface area contributed by atoms with Gasteiger partial charge < -0.3 is 19.2 Å². The average molecular weight is 486 g/mol. The molecule has 2 atom stereocenters. The number of hydrogen-bond donors (Lipinski definition) is 1. The van der Waals surface area contributed by atoms with Crippen LogP contribution in [-0.2, 0) is 20.8 Å². The summed E-state index contributed by atoms with van der Waals surface area (Å²) < 4.78 is 20.5. The predicted octanol–water partition coefficient (Wildman–Crippen LogP) is 3.47. The van der Waals surface area contributed by atoms with Crippen molar-refractivity contribution in [1.29, 1.82) is 0 Å². The number of methoxy groups -OCH3 is 1. The molecule has 0 radical (unpaired) electrons. The largest absolute Gasteiger partial charge is 0.382 e. The van der Waals surface area contributed by atoms with E-state index in [-0.39, 0.29) is 17.9 Å². The number of para-hydroxylation sites is 1. The minimum atomic E-state index is -0.283. The second kappa shape index (κ2) is 9.34. The molecule has 4 aromatic heterocycles. The molecule has 1 unspecified atom stereocenters. The summed E-state index contributed by atoms with van der Waals surface area (Å²) in [5.41, 5.74) is 5.72. The van der Waals surface area contributed by atoms with Crippen molar-refractivity contribution in [2.45, 2.75) is 25.7 Å². The van der Waals surface area contributed by atoms with Gasteiger partial charge in [0.15, 0.2) is 5.65 Å². The Morgan fingerprint density at radius 3 is 2.78 bits per heavy atom. The summed E-state index contributed by atoms with van der Waals surface area (Å²) in [4.78, 5) is 26.3. The van der Waals surface area contributed by atoms with Crippen LogP contribution in [0.3, 0.4) is 0 Å². The fourth-order valence-corrected chi connectivity index (χ4v) is 4.95. The minimum absolute atomic E-state index is 0.164. The molecule has 5 aromatic rings. The van der Waals surface area contributed by atoms with Gasteiger partial charge in [-0.1, -0.05) is 18.2 Å². The molecule has 1 aromatic carbocycles. The first-order chi connectivity index (χ1) is 17.6. The number of rotatable bonds is 6. The lowest BCUT2D eigenvalue weighted by Gasteiger charge is -2.29. The predicted molar refractivity (Wildman–Crippen MR) is 137 cm³/mol. The molecule has 1 fully saturated rings. The first-order valence-corrected chi connectivity index (χ1v) is 12.0. The molecule has 1 aliphatic heterocycles. The molecule has 184 valence electrons. The van der Waals surface area contributed by atoms with Crippen molar-refractivity contribution in [2.75, 3.05) is 26.9 Å². The van der Waals surface area contributed by atoms with Gasteiger partial charge in [-0.15, -0.1) is 0 Å². The van der Waals surface area contributed by atoms with Crippen molar-refractivity contribution < 1.29 is 14.2 Å². The van der Waals surface area contributed by atoms with Crippen LogP contribution in [-0.4, -0.2) is 63.2 Å². The van der Waals surface area contributed by atoms with Crippen LogP contribution in [0.4, 0.5) is 0 Å². The summed E-state index contributed by atoms with van der Waals surface area (Å²) >= 11 is 0. The smallest absolute Gasteiger partial charge is 0.335 e. The number of pyridine rings is 2. The minimum Gasteiger partial charge on any atom is -0.382 e. The van der Waals surface area contributed by atoms with Gasteiger partial charge in [0.05, 0.1) is 43.7 Å². The Bertz CT molecular complexity index is 1580. The van der Waals surface area contributed by atoms with Gasteiger partial charge in [0.25, 0.3) is 0 Å². The summed E-state index contributed by atoms with van der Waals surface area (Å²) in [6, 6.07) is 13.6. The number of aryl methyl sites for hydroxylation is 1. The van der Waals surface area contributed by atoms with E-state index in [4.69, 9.17) is 19.2 Å². The second-order valence-corrected chi connectivity index (χ2v) is 9.04. The maximum absolute atomic E-state index is 13.8. The van der Waals surface area contributed by atoms with E-state index in [2.05, 4.69) is 16.9 Å². The summed E-state index contributed by atoms with van der Waals surface area (Å²) in [6.07, 6.45) is 5.10. The van der Waals surface area contributed by atoms with Crippen LogP contribution in [0.5, 0.6) is 0 Å². The van der Waals surface area contributed by atoms with Gasteiger partial charge in [0, 0.05) is 42.2 Å². The van der Waals surface area contributed by atoms with E-state index in [0.29, 0.717) is 32.0 Å². The molecule has 0 amide bonds. The number of nitrogens with zero attached hydrogens (tertiary/aromatic N) is 4. The van der Waals surface area contributed by atoms with E-state index in [1.807, 2.05) is 61.1 Å². The van der Waals surface area contributed by atoms with Gasteiger partial charge in [0.2, 0.25) is 0 Å². The first kappa shape index (κ1) is 22.7. The Kier molecular flexibility index (Phi) is 5.88. The van der Waals surface area contributed by atoms with Crippen LogP contribution >= 0.6 is 0 Å². The topological polar surface area (TPSA) is 96.2 Å². The highest BCUT2D eigenvalue weighted by atomic mass is 16.6. The average Bonchev–Trinajstić information content (AvgIpc) is 3.48. The molecule has 1 aliphatic rings. The van der Waals surface area contributed by atoms with E-state index in [1.54, 1.807) is 16.2 Å². The summed E-state index contributed by atoms with van der Waals surface area (Å²) in [7, 11) is 1.64. The molecule has 0 spiro atoms. The van der Waals surface area contributed by atoms with E-state index >= 15 is 0 Å². The third kappa shape index (κ3) is 3.91. The Balaban J connectivity index is 1.49. The van der Waals surface area contributed by atoms with Crippen LogP contribution in [0.2, 0.25) is 0 Å². The SMILES string of the molecule is COCC1COC[C@H](Cn2c(=O)n(-c3ccccc3)c3ncc(-c4cnc5[nH]ccc5c4C)cc32)O1. The van der Waals surface area contributed by atoms with E-state index < -0.39 is 0 Å². The van der Waals surface area contributed by atoms with Crippen LogP contribution in [0.15, 0.2) is 65.8 Å². The molecule has 0 aliphatic carbocycles. The maximum Gasteiger partial charge on any atom is 0.335 e. The molecule has 1 saturated heterocycles. The van der Waals surface area contributed by atoms with Gasteiger partial charge in [0.1, 0.15) is 11.8 Å². The number of imidazole rings is 1. The van der Waals surface area contributed by atoms with Crippen molar-refractivity contribution in [3.05, 3.63) is 77.1 Å². The molecule has 0 saturated carbocycles. The number of ether oxygens (including phenoxy) is 3. The molecule has 36 heavy (non-hydrogen) atoms. The van der Waals surface area contributed by atoms with Gasteiger partial charge >= 0.3 is 5.69 Å². The van der Waals surface area contributed by atoms with Crippen molar-refractivity contribution >= 4 is 22.2 Å². The first-order valence-electron chi connectivity index (χ1n) is 12.0. The van der Waals surface area contributed by atoms with Crippen molar-refractivity contribution in [3.8, 4) is 16.8 Å². The molecule has 9 nitrogen and oxygen atoms in total. The highest BCUT2D eigenvalue weighted by Gasteiger charge is 2.26. The zero-order valence-electron chi connectivity index (χ0n) is 20.2.